The minimum atomic E-state index is -0.906. The molecule has 0 bridgehead atoms. The number of carbonyl (C=O) groups excluding carboxylic acids is 1. The van der Waals surface area contributed by atoms with E-state index in [9.17, 15) is 13.6 Å². The van der Waals surface area contributed by atoms with Gasteiger partial charge in [0.05, 0.1) is 10.4 Å². The maximum atomic E-state index is 13.1. The highest BCUT2D eigenvalue weighted by molar-refractivity contribution is 7.80. The molecule has 20 heavy (non-hydrogen) atoms. The molecule has 1 fully saturated rings. The number of nitrogens with one attached hydrogen (secondary N) is 1. The largest absolute Gasteiger partial charge is 0.392 e. The Labute approximate surface area is 121 Å². The van der Waals surface area contributed by atoms with Crippen molar-refractivity contribution in [1.29, 1.82) is 0 Å². The van der Waals surface area contributed by atoms with Gasteiger partial charge in [0.15, 0.2) is 0 Å². The van der Waals surface area contributed by atoms with E-state index in [0.29, 0.717) is 12.8 Å². The van der Waals surface area contributed by atoms with Gasteiger partial charge in [-0.25, -0.2) is 8.78 Å². The van der Waals surface area contributed by atoms with Gasteiger partial charge in [0.1, 0.15) is 11.6 Å². The summed E-state index contributed by atoms with van der Waals surface area (Å²) in [4.78, 5) is 12.6. The first-order chi connectivity index (χ1) is 9.44. The van der Waals surface area contributed by atoms with E-state index in [1.54, 1.807) is 0 Å². The third-order valence-electron chi connectivity index (χ3n) is 3.73. The molecule has 108 valence electrons. The lowest BCUT2D eigenvalue weighted by molar-refractivity contribution is -0.123. The van der Waals surface area contributed by atoms with Gasteiger partial charge in [0, 0.05) is 11.8 Å². The van der Waals surface area contributed by atoms with Crippen molar-refractivity contribution in [3.63, 3.8) is 0 Å². The number of thiocarbonyl (C=S) groups is 1. The molecule has 1 aromatic carbocycles. The Kier molecular flexibility index (Phi) is 4.32. The van der Waals surface area contributed by atoms with Crippen LogP contribution in [0.15, 0.2) is 18.2 Å². The highest BCUT2D eigenvalue weighted by Crippen LogP contribution is 2.37. The van der Waals surface area contributed by atoms with Gasteiger partial charge in [-0.2, -0.15) is 0 Å². The van der Waals surface area contributed by atoms with Gasteiger partial charge in [-0.3, -0.25) is 4.79 Å². The normalized spacial score (nSPS) is 17.5. The van der Waals surface area contributed by atoms with Crippen molar-refractivity contribution in [2.75, 3.05) is 5.32 Å². The van der Waals surface area contributed by atoms with E-state index in [1.807, 2.05) is 0 Å². The summed E-state index contributed by atoms with van der Waals surface area (Å²) in [6.45, 7) is 0. The van der Waals surface area contributed by atoms with Gasteiger partial charge in [-0.15, -0.1) is 0 Å². The Morgan fingerprint density at radius 2 is 1.70 bits per heavy atom. The molecule has 2 rings (SSSR count). The fourth-order valence-electron chi connectivity index (χ4n) is 2.62. The summed E-state index contributed by atoms with van der Waals surface area (Å²) in [6, 6.07) is 2.88. The molecule has 1 aliphatic carbocycles. The number of anilines is 1. The fourth-order valence-corrected chi connectivity index (χ4v) is 2.91. The lowest BCUT2D eigenvalue weighted by Gasteiger charge is -2.34. The highest BCUT2D eigenvalue weighted by Gasteiger charge is 2.42. The van der Waals surface area contributed by atoms with Crippen LogP contribution in [0, 0.1) is 17.0 Å². The zero-order valence-corrected chi connectivity index (χ0v) is 11.7. The molecule has 0 heterocycles. The Hall–Kier alpha value is -1.56. The van der Waals surface area contributed by atoms with Crippen molar-refractivity contribution in [1.82, 2.24) is 0 Å². The highest BCUT2D eigenvalue weighted by atomic mass is 32.1. The molecule has 3 N–H and O–H groups in total. The molecule has 1 aliphatic rings. The maximum Gasteiger partial charge on any atom is 0.237 e. The zero-order chi connectivity index (χ0) is 14.8. The number of nitrogens with two attached hydrogens (primary N) is 1. The van der Waals surface area contributed by atoms with Crippen LogP contribution in [0.2, 0.25) is 0 Å². The number of halogens is 2. The Bertz CT molecular complexity index is 522. The molecule has 0 spiro atoms. The van der Waals surface area contributed by atoms with Crippen LogP contribution >= 0.6 is 12.2 Å². The van der Waals surface area contributed by atoms with Gasteiger partial charge < -0.3 is 11.1 Å². The predicted molar refractivity (Wildman–Crippen MR) is 77.3 cm³/mol. The minimum Gasteiger partial charge on any atom is -0.392 e. The van der Waals surface area contributed by atoms with E-state index in [4.69, 9.17) is 18.0 Å². The van der Waals surface area contributed by atoms with Crippen molar-refractivity contribution in [2.45, 2.75) is 32.1 Å². The number of hydrogen-bond acceptors (Lipinski definition) is 2. The quantitative estimate of drug-likeness (QED) is 0.843. The minimum absolute atomic E-state index is 0.0775. The molecule has 0 aromatic heterocycles. The number of hydrogen-bond donors (Lipinski definition) is 2. The molecular weight excluding hydrogens is 282 g/mol. The van der Waals surface area contributed by atoms with E-state index in [-0.39, 0.29) is 16.6 Å². The summed E-state index contributed by atoms with van der Waals surface area (Å²) >= 11 is 5.04. The average Bonchev–Trinajstić information content (AvgIpc) is 2.38. The molecule has 0 aliphatic heterocycles. The molecule has 0 saturated heterocycles. The molecule has 3 nitrogen and oxygen atoms in total. The molecule has 0 atom stereocenters. The summed E-state index contributed by atoms with van der Waals surface area (Å²) in [7, 11) is 0. The summed E-state index contributed by atoms with van der Waals surface area (Å²) in [5.41, 5.74) is 4.91. The maximum absolute atomic E-state index is 13.1. The third-order valence-corrected chi connectivity index (χ3v) is 4.12. The van der Waals surface area contributed by atoms with Crippen molar-refractivity contribution >= 4 is 28.8 Å². The predicted octanol–water partition coefficient (Wildman–Crippen LogP) is 3.14. The lowest BCUT2D eigenvalue weighted by Crippen LogP contribution is -2.47. The van der Waals surface area contributed by atoms with E-state index < -0.39 is 17.0 Å². The van der Waals surface area contributed by atoms with E-state index >= 15 is 0 Å². The van der Waals surface area contributed by atoms with Crippen molar-refractivity contribution < 1.29 is 13.6 Å². The van der Waals surface area contributed by atoms with Gasteiger partial charge in [0.25, 0.3) is 0 Å². The molecule has 6 heteroatoms. The summed E-state index contributed by atoms with van der Waals surface area (Å²) in [6.07, 6.45) is 3.91. The van der Waals surface area contributed by atoms with Gasteiger partial charge >= 0.3 is 0 Å². The SMILES string of the molecule is NC(=S)C1(C(=O)Nc2cc(F)cc(F)c2)CCCCC1. The Morgan fingerprint density at radius 1 is 1.15 bits per heavy atom. The van der Waals surface area contributed by atoms with Crippen LogP contribution in [0.5, 0.6) is 0 Å². The second-order valence-electron chi connectivity index (χ2n) is 5.12. The second-order valence-corrected chi connectivity index (χ2v) is 5.56. The summed E-state index contributed by atoms with van der Waals surface area (Å²) < 4.78 is 26.3. The van der Waals surface area contributed by atoms with Crippen molar-refractivity contribution in [3.8, 4) is 0 Å². The monoisotopic (exact) mass is 298 g/mol. The third kappa shape index (κ3) is 2.95. The van der Waals surface area contributed by atoms with Crippen molar-refractivity contribution in [3.05, 3.63) is 29.8 Å². The Morgan fingerprint density at radius 3 is 2.20 bits per heavy atom. The molecule has 0 unspecified atom stereocenters. The molecule has 1 saturated carbocycles. The summed E-state index contributed by atoms with van der Waals surface area (Å²) in [5.74, 6) is -1.86. The van der Waals surface area contributed by atoms with Gasteiger partial charge in [-0.05, 0) is 25.0 Å². The second kappa shape index (κ2) is 5.83. The van der Waals surface area contributed by atoms with Crippen LogP contribution in [0.1, 0.15) is 32.1 Å². The van der Waals surface area contributed by atoms with E-state index in [1.165, 1.54) is 0 Å². The van der Waals surface area contributed by atoms with Gasteiger partial charge in [-0.1, -0.05) is 31.5 Å². The molecular formula is C14H16F2N2OS. The number of rotatable bonds is 3. The summed E-state index contributed by atoms with van der Waals surface area (Å²) in [5, 5.41) is 2.53. The Balaban J connectivity index is 2.22. The topological polar surface area (TPSA) is 55.1 Å². The molecule has 1 aromatic rings. The van der Waals surface area contributed by atoms with Crippen LogP contribution in [-0.4, -0.2) is 10.9 Å². The van der Waals surface area contributed by atoms with Crippen LogP contribution in [0.4, 0.5) is 14.5 Å². The van der Waals surface area contributed by atoms with Gasteiger partial charge in [0.2, 0.25) is 5.91 Å². The smallest absolute Gasteiger partial charge is 0.237 e. The number of carbonyl (C=O) groups is 1. The van der Waals surface area contributed by atoms with E-state index in [2.05, 4.69) is 5.32 Å². The fraction of sp³-hybridized carbons (Fsp3) is 0.429. The molecule has 0 radical (unpaired) electrons. The first-order valence-corrected chi connectivity index (χ1v) is 6.92. The van der Waals surface area contributed by atoms with Crippen LogP contribution in [0.25, 0.3) is 0 Å². The number of amides is 1. The number of benzene rings is 1. The van der Waals surface area contributed by atoms with Crippen molar-refractivity contribution in [2.24, 2.45) is 11.1 Å². The molecule has 1 amide bonds. The van der Waals surface area contributed by atoms with Crippen LogP contribution in [0.3, 0.4) is 0 Å². The standard InChI is InChI=1S/C14H16F2N2OS/c15-9-6-10(16)8-11(7-9)18-13(19)14(12(17)20)4-2-1-3-5-14/h6-8H,1-5H2,(H2,17,20)(H,18,19). The van der Waals surface area contributed by atoms with E-state index in [0.717, 1.165) is 37.5 Å². The zero-order valence-electron chi connectivity index (χ0n) is 10.9. The van der Waals surface area contributed by atoms with Crippen LogP contribution < -0.4 is 11.1 Å². The lowest BCUT2D eigenvalue weighted by atomic mass is 9.73. The first kappa shape index (κ1) is 14.8. The first-order valence-electron chi connectivity index (χ1n) is 6.51. The van der Waals surface area contributed by atoms with Crippen LogP contribution in [-0.2, 0) is 4.79 Å². The average molecular weight is 298 g/mol.